The highest BCUT2D eigenvalue weighted by Crippen LogP contribution is 2.42. The van der Waals surface area contributed by atoms with Gasteiger partial charge in [-0.3, -0.25) is 4.79 Å². The molecule has 0 atom stereocenters. The Morgan fingerprint density at radius 2 is 2.10 bits per heavy atom. The average Bonchev–Trinajstić information content (AvgIpc) is 3.16. The van der Waals surface area contributed by atoms with Gasteiger partial charge in [-0.2, -0.15) is 0 Å². The van der Waals surface area contributed by atoms with Gasteiger partial charge in [-0.05, 0) is 25.0 Å². The summed E-state index contributed by atoms with van der Waals surface area (Å²) in [4.78, 5) is 19.0. The molecule has 0 bridgehead atoms. The van der Waals surface area contributed by atoms with E-state index in [1.54, 1.807) is 18.2 Å². The van der Waals surface area contributed by atoms with Crippen molar-refractivity contribution in [1.82, 2.24) is 9.97 Å². The first-order valence-electron chi connectivity index (χ1n) is 6.41. The molecule has 4 rings (SSSR count). The van der Waals surface area contributed by atoms with Crippen molar-refractivity contribution in [3.8, 4) is 22.9 Å². The van der Waals surface area contributed by atoms with E-state index in [1.165, 1.54) is 0 Å². The van der Waals surface area contributed by atoms with Gasteiger partial charge in [0.1, 0.15) is 5.82 Å². The molecule has 0 unspecified atom stereocenters. The van der Waals surface area contributed by atoms with Crippen LogP contribution in [0.3, 0.4) is 0 Å². The molecule has 6 heteroatoms. The summed E-state index contributed by atoms with van der Waals surface area (Å²) in [7, 11) is 0. The van der Waals surface area contributed by atoms with Gasteiger partial charge in [0.05, 0.1) is 10.7 Å². The summed E-state index contributed by atoms with van der Waals surface area (Å²) in [6, 6.07) is 5.07. The van der Waals surface area contributed by atoms with Crippen molar-refractivity contribution in [2.45, 2.75) is 18.8 Å². The van der Waals surface area contributed by atoms with Crippen LogP contribution in [0.5, 0.6) is 11.5 Å². The predicted molar refractivity (Wildman–Crippen MR) is 73.4 cm³/mol. The maximum absolute atomic E-state index is 11.8. The van der Waals surface area contributed by atoms with E-state index in [0.717, 1.165) is 24.1 Å². The molecule has 20 heavy (non-hydrogen) atoms. The van der Waals surface area contributed by atoms with Crippen LogP contribution < -0.4 is 15.0 Å². The number of rotatable bonds is 2. The lowest BCUT2D eigenvalue weighted by Crippen LogP contribution is -2.09. The molecule has 0 saturated heterocycles. The summed E-state index contributed by atoms with van der Waals surface area (Å²) < 4.78 is 10.6. The maximum Gasteiger partial charge on any atom is 0.251 e. The van der Waals surface area contributed by atoms with Gasteiger partial charge >= 0.3 is 0 Å². The first-order valence-corrected chi connectivity index (χ1v) is 6.79. The van der Waals surface area contributed by atoms with Crippen LogP contribution in [-0.4, -0.2) is 16.8 Å². The second-order valence-electron chi connectivity index (χ2n) is 4.98. The Morgan fingerprint density at radius 3 is 2.90 bits per heavy atom. The number of halogens is 1. The molecule has 5 nitrogen and oxygen atoms in total. The molecule has 2 aliphatic rings. The lowest BCUT2D eigenvalue weighted by Gasteiger charge is -2.06. The fraction of sp³-hybridized carbons (Fsp3) is 0.286. The standard InChI is InChI=1S/C14H11ClN2O3/c15-9-3-8(4-11-13(9)20-6-19-11)14-16-10(7-1-2-7)5-12(18)17-14/h3-5,7H,1-2,6H2,(H,16,17,18). The molecule has 0 amide bonds. The van der Waals surface area contributed by atoms with Crippen LogP contribution in [-0.2, 0) is 0 Å². The molecule has 1 aromatic heterocycles. The van der Waals surface area contributed by atoms with E-state index in [-0.39, 0.29) is 12.4 Å². The lowest BCUT2D eigenvalue weighted by molar-refractivity contribution is 0.174. The Balaban J connectivity index is 1.85. The third kappa shape index (κ3) is 1.94. The van der Waals surface area contributed by atoms with Crippen molar-refractivity contribution in [2.75, 3.05) is 6.79 Å². The van der Waals surface area contributed by atoms with Crippen LogP contribution in [0.2, 0.25) is 5.02 Å². The molecule has 102 valence electrons. The van der Waals surface area contributed by atoms with Crippen LogP contribution in [0.4, 0.5) is 0 Å². The quantitative estimate of drug-likeness (QED) is 0.923. The molecular weight excluding hydrogens is 280 g/mol. The monoisotopic (exact) mass is 290 g/mol. The molecule has 2 heterocycles. The minimum atomic E-state index is -0.148. The molecule has 1 fully saturated rings. The van der Waals surface area contributed by atoms with E-state index >= 15 is 0 Å². The summed E-state index contributed by atoms with van der Waals surface area (Å²) >= 11 is 6.15. The number of nitrogens with zero attached hydrogens (tertiary/aromatic N) is 1. The highest BCUT2D eigenvalue weighted by Gasteiger charge is 2.26. The highest BCUT2D eigenvalue weighted by atomic mass is 35.5. The second kappa shape index (κ2) is 4.24. The Bertz CT molecular complexity index is 753. The number of H-pyrrole nitrogens is 1. The predicted octanol–water partition coefficient (Wildman–Crippen LogP) is 2.70. The SMILES string of the molecule is O=c1cc(C2CC2)nc(-c2cc(Cl)c3c(c2)OCO3)[nH]1. The van der Waals surface area contributed by atoms with Gasteiger partial charge in [-0.15, -0.1) is 0 Å². The number of aromatic amines is 1. The number of benzene rings is 1. The fourth-order valence-corrected chi connectivity index (χ4v) is 2.57. The molecule has 1 N–H and O–H groups in total. The minimum Gasteiger partial charge on any atom is -0.454 e. The van der Waals surface area contributed by atoms with Crippen molar-refractivity contribution in [3.63, 3.8) is 0 Å². The van der Waals surface area contributed by atoms with Crippen LogP contribution in [0, 0.1) is 0 Å². The lowest BCUT2D eigenvalue weighted by atomic mass is 10.1. The average molecular weight is 291 g/mol. The van der Waals surface area contributed by atoms with Gasteiger partial charge in [0.15, 0.2) is 11.5 Å². The number of aromatic nitrogens is 2. The maximum atomic E-state index is 11.8. The summed E-state index contributed by atoms with van der Waals surface area (Å²) in [6.07, 6.45) is 2.19. The molecule has 1 saturated carbocycles. The zero-order chi connectivity index (χ0) is 13.7. The molecular formula is C14H11ClN2O3. The number of nitrogens with one attached hydrogen (secondary N) is 1. The fourth-order valence-electron chi connectivity index (χ4n) is 2.31. The van der Waals surface area contributed by atoms with Gasteiger partial charge in [-0.25, -0.2) is 4.98 Å². The normalized spacial score (nSPS) is 16.4. The van der Waals surface area contributed by atoms with Crippen molar-refractivity contribution < 1.29 is 9.47 Å². The number of hydrogen-bond acceptors (Lipinski definition) is 4. The van der Waals surface area contributed by atoms with Gasteiger partial charge in [-0.1, -0.05) is 11.6 Å². The van der Waals surface area contributed by atoms with Crippen molar-refractivity contribution in [3.05, 3.63) is 39.3 Å². The summed E-state index contributed by atoms with van der Waals surface area (Å²) in [6.45, 7) is 0.157. The molecule has 0 radical (unpaired) electrons. The smallest absolute Gasteiger partial charge is 0.251 e. The zero-order valence-corrected chi connectivity index (χ0v) is 11.2. The number of fused-ring (bicyclic) bond motifs is 1. The van der Waals surface area contributed by atoms with Crippen molar-refractivity contribution in [1.29, 1.82) is 0 Å². The zero-order valence-electron chi connectivity index (χ0n) is 10.5. The molecule has 1 aliphatic carbocycles. The first-order chi connectivity index (χ1) is 9.70. The van der Waals surface area contributed by atoms with Gasteiger partial charge in [0.2, 0.25) is 6.79 Å². The van der Waals surface area contributed by atoms with Gasteiger partial charge < -0.3 is 14.5 Å². The summed E-state index contributed by atoms with van der Waals surface area (Å²) in [5.74, 6) is 2.04. The van der Waals surface area contributed by atoms with E-state index in [9.17, 15) is 4.79 Å². The molecule has 1 aromatic carbocycles. The van der Waals surface area contributed by atoms with E-state index in [4.69, 9.17) is 21.1 Å². The van der Waals surface area contributed by atoms with E-state index < -0.39 is 0 Å². The van der Waals surface area contributed by atoms with E-state index in [0.29, 0.717) is 28.3 Å². The topological polar surface area (TPSA) is 64.2 Å². The Morgan fingerprint density at radius 1 is 1.25 bits per heavy atom. The molecule has 0 spiro atoms. The second-order valence-corrected chi connectivity index (χ2v) is 5.39. The van der Waals surface area contributed by atoms with Crippen LogP contribution in [0.25, 0.3) is 11.4 Å². The largest absolute Gasteiger partial charge is 0.454 e. The first kappa shape index (κ1) is 11.8. The summed E-state index contributed by atoms with van der Waals surface area (Å²) in [5.41, 5.74) is 1.42. The Kier molecular flexibility index (Phi) is 2.50. The third-order valence-corrected chi connectivity index (χ3v) is 3.74. The van der Waals surface area contributed by atoms with E-state index in [1.807, 2.05) is 0 Å². The van der Waals surface area contributed by atoms with Crippen LogP contribution in [0.15, 0.2) is 23.0 Å². The van der Waals surface area contributed by atoms with Crippen molar-refractivity contribution >= 4 is 11.6 Å². The Hall–Kier alpha value is -2.01. The molecule has 1 aliphatic heterocycles. The third-order valence-electron chi connectivity index (χ3n) is 3.46. The van der Waals surface area contributed by atoms with Gasteiger partial charge in [0.25, 0.3) is 5.56 Å². The Labute approximate surface area is 119 Å². The minimum absolute atomic E-state index is 0.148. The van der Waals surface area contributed by atoms with Gasteiger partial charge in [0, 0.05) is 17.5 Å². The van der Waals surface area contributed by atoms with Crippen molar-refractivity contribution in [2.24, 2.45) is 0 Å². The highest BCUT2D eigenvalue weighted by molar-refractivity contribution is 6.32. The van der Waals surface area contributed by atoms with Crippen LogP contribution >= 0.6 is 11.6 Å². The summed E-state index contributed by atoms with van der Waals surface area (Å²) in [5, 5.41) is 0.453. The molecule has 2 aromatic rings. The van der Waals surface area contributed by atoms with E-state index in [2.05, 4.69) is 9.97 Å². The number of ether oxygens (including phenoxy) is 2. The number of hydrogen-bond donors (Lipinski definition) is 1. The van der Waals surface area contributed by atoms with Crippen LogP contribution in [0.1, 0.15) is 24.5 Å².